The molecule has 1 aliphatic heterocycles. The molecule has 0 saturated carbocycles. The van der Waals surface area contributed by atoms with E-state index in [0.717, 1.165) is 30.6 Å². The Labute approximate surface area is 124 Å². The number of rotatable bonds is 1. The van der Waals surface area contributed by atoms with Crippen molar-refractivity contribution < 1.29 is 14.3 Å². The van der Waals surface area contributed by atoms with Crippen molar-refractivity contribution in [1.29, 1.82) is 0 Å². The summed E-state index contributed by atoms with van der Waals surface area (Å²) in [4.78, 5) is 11.8. The molecule has 3 aliphatic rings. The Balaban J connectivity index is 1.84. The highest BCUT2D eigenvalue weighted by atomic mass is 16.5. The fourth-order valence-corrected chi connectivity index (χ4v) is 4.65. The molecule has 1 aromatic rings. The number of esters is 1. The van der Waals surface area contributed by atoms with Crippen LogP contribution in [0.2, 0.25) is 0 Å². The maximum atomic E-state index is 11.8. The first-order valence-electron chi connectivity index (χ1n) is 7.68. The van der Waals surface area contributed by atoms with Crippen LogP contribution in [0.4, 0.5) is 0 Å². The predicted molar refractivity (Wildman–Crippen MR) is 79.3 cm³/mol. The quantitative estimate of drug-likeness (QED) is 0.744. The molecule has 3 heteroatoms. The van der Waals surface area contributed by atoms with Gasteiger partial charge in [0.15, 0.2) is 0 Å². The van der Waals surface area contributed by atoms with Crippen LogP contribution in [-0.4, -0.2) is 19.7 Å². The number of methoxy groups -OCH3 is 1. The SMILES string of the molecule is COc1cccc2c1CC[C@H]1[C@H]3COC(=O)C3=CC[C@]21C. The maximum absolute atomic E-state index is 11.8. The van der Waals surface area contributed by atoms with Gasteiger partial charge in [-0.15, -0.1) is 0 Å². The lowest BCUT2D eigenvalue weighted by Gasteiger charge is -2.47. The van der Waals surface area contributed by atoms with E-state index in [-0.39, 0.29) is 17.3 Å². The van der Waals surface area contributed by atoms with Crippen LogP contribution < -0.4 is 4.74 Å². The minimum Gasteiger partial charge on any atom is -0.496 e. The molecule has 3 atom stereocenters. The third-order valence-electron chi connectivity index (χ3n) is 5.75. The fraction of sp³-hybridized carbons (Fsp3) is 0.500. The van der Waals surface area contributed by atoms with Crippen molar-refractivity contribution in [3.63, 3.8) is 0 Å². The summed E-state index contributed by atoms with van der Waals surface area (Å²) in [5.74, 6) is 1.67. The summed E-state index contributed by atoms with van der Waals surface area (Å²) in [5.41, 5.74) is 3.75. The summed E-state index contributed by atoms with van der Waals surface area (Å²) in [7, 11) is 1.74. The van der Waals surface area contributed by atoms with E-state index in [1.807, 2.05) is 0 Å². The van der Waals surface area contributed by atoms with Gasteiger partial charge >= 0.3 is 5.97 Å². The van der Waals surface area contributed by atoms with Crippen molar-refractivity contribution >= 4 is 5.97 Å². The molecule has 0 radical (unpaired) electrons. The Morgan fingerprint density at radius 2 is 2.24 bits per heavy atom. The zero-order valence-electron chi connectivity index (χ0n) is 12.5. The lowest BCUT2D eigenvalue weighted by Crippen LogP contribution is -2.44. The summed E-state index contributed by atoms with van der Waals surface area (Å²) in [6.45, 7) is 2.90. The molecule has 0 amide bonds. The number of carbonyl (C=O) groups excluding carboxylic acids is 1. The smallest absolute Gasteiger partial charge is 0.334 e. The summed E-state index contributed by atoms with van der Waals surface area (Å²) < 4.78 is 10.8. The molecule has 21 heavy (non-hydrogen) atoms. The fourth-order valence-electron chi connectivity index (χ4n) is 4.65. The molecule has 2 aliphatic carbocycles. The van der Waals surface area contributed by atoms with E-state index in [9.17, 15) is 4.79 Å². The molecule has 0 aromatic heterocycles. The van der Waals surface area contributed by atoms with Crippen molar-refractivity contribution in [3.8, 4) is 5.75 Å². The molecule has 0 N–H and O–H groups in total. The molecule has 0 spiro atoms. The van der Waals surface area contributed by atoms with Crippen molar-refractivity contribution in [2.24, 2.45) is 11.8 Å². The Morgan fingerprint density at radius 3 is 3.05 bits per heavy atom. The average Bonchev–Trinajstić information content (AvgIpc) is 2.87. The summed E-state index contributed by atoms with van der Waals surface area (Å²) in [6.07, 6.45) is 5.16. The van der Waals surface area contributed by atoms with Crippen LogP contribution in [0, 0.1) is 11.8 Å². The summed E-state index contributed by atoms with van der Waals surface area (Å²) in [6, 6.07) is 6.37. The van der Waals surface area contributed by atoms with Gasteiger partial charge in [-0.2, -0.15) is 0 Å². The lowest BCUT2D eigenvalue weighted by atomic mass is 9.55. The van der Waals surface area contributed by atoms with E-state index < -0.39 is 0 Å². The van der Waals surface area contributed by atoms with Crippen molar-refractivity contribution in [1.82, 2.24) is 0 Å². The van der Waals surface area contributed by atoms with E-state index in [2.05, 4.69) is 31.2 Å². The average molecular weight is 284 g/mol. The second-order valence-corrected chi connectivity index (χ2v) is 6.62. The first-order valence-corrected chi connectivity index (χ1v) is 7.68. The molecular formula is C18H20O3. The Bertz CT molecular complexity index is 646. The molecule has 110 valence electrons. The standard InChI is InChI=1S/C18H20O3/c1-18-9-8-11-13(10-21-17(11)19)15(18)7-6-12-14(18)4-3-5-16(12)20-2/h3-5,8,13,15H,6-7,9-10H2,1-2H3/t13-,15-,18+/m0/s1. The van der Waals surface area contributed by atoms with Crippen LogP contribution in [-0.2, 0) is 21.4 Å². The van der Waals surface area contributed by atoms with Gasteiger partial charge in [0, 0.05) is 11.5 Å². The third-order valence-corrected chi connectivity index (χ3v) is 5.75. The highest BCUT2D eigenvalue weighted by Gasteiger charge is 2.51. The highest BCUT2D eigenvalue weighted by Crippen LogP contribution is 2.54. The van der Waals surface area contributed by atoms with Gasteiger partial charge < -0.3 is 9.47 Å². The number of ether oxygens (including phenoxy) is 2. The van der Waals surface area contributed by atoms with Crippen molar-refractivity contribution in [2.45, 2.75) is 31.6 Å². The minimum absolute atomic E-state index is 0.0876. The minimum atomic E-state index is -0.0986. The van der Waals surface area contributed by atoms with Crippen LogP contribution in [0.3, 0.4) is 0 Å². The van der Waals surface area contributed by atoms with Crippen LogP contribution in [0.5, 0.6) is 5.75 Å². The van der Waals surface area contributed by atoms with Gasteiger partial charge in [0.25, 0.3) is 0 Å². The summed E-state index contributed by atoms with van der Waals surface area (Å²) in [5, 5.41) is 0. The largest absolute Gasteiger partial charge is 0.496 e. The van der Waals surface area contributed by atoms with Gasteiger partial charge in [0.1, 0.15) is 5.75 Å². The molecular weight excluding hydrogens is 264 g/mol. The van der Waals surface area contributed by atoms with Crippen LogP contribution >= 0.6 is 0 Å². The monoisotopic (exact) mass is 284 g/mol. The molecule has 1 fully saturated rings. The van der Waals surface area contributed by atoms with E-state index >= 15 is 0 Å². The molecule has 1 saturated heterocycles. The van der Waals surface area contributed by atoms with E-state index in [4.69, 9.17) is 9.47 Å². The van der Waals surface area contributed by atoms with Crippen LogP contribution in [0.25, 0.3) is 0 Å². The lowest BCUT2D eigenvalue weighted by molar-refractivity contribution is -0.135. The van der Waals surface area contributed by atoms with Gasteiger partial charge in [-0.05, 0) is 47.8 Å². The predicted octanol–water partition coefficient (Wildman–Crippen LogP) is 3.02. The van der Waals surface area contributed by atoms with Crippen LogP contribution in [0.15, 0.2) is 29.8 Å². The number of hydrogen-bond acceptors (Lipinski definition) is 3. The van der Waals surface area contributed by atoms with E-state index in [1.54, 1.807) is 7.11 Å². The number of hydrogen-bond donors (Lipinski definition) is 0. The highest BCUT2D eigenvalue weighted by molar-refractivity contribution is 5.91. The van der Waals surface area contributed by atoms with Gasteiger partial charge in [0.2, 0.25) is 0 Å². The first kappa shape index (κ1) is 12.9. The third kappa shape index (κ3) is 1.63. The Morgan fingerprint density at radius 1 is 1.38 bits per heavy atom. The van der Waals surface area contributed by atoms with Crippen LogP contribution in [0.1, 0.15) is 30.9 Å². The van der Waals surface area contributed by atoms with Gasteiger partial charge in [-0.1, -0.05) is 25.1 Å². The van der Waals surface area contributed by atoms with Gasteiger partial charge in [-0.25, -0.2) is 4.79 Å². The van der Waals surface area contributed by atoms with Gasteiger partial charge in [0.05, 0.1) is 13.7 Å². The Kier molecular flexibility index (Phi) is 2.69. The second kappa shape index (κ2) is 4.36. The molecule has 0 bridgehead atoms. The van der Waals surface area contributed by atoms with Crippen molar-refractivity contribution in [3.05, 3.63) is 41.0 Å². The zero-order valence-corrected chi connectivity index (χ0v) is 12.5. The normalized spacial score (nSPS) is 33.4. The van der Waals surface area contributed by atoms with Crippen molar-refractivity contribution in [2.75, 3.05) is 13.7 Å². The second-order valence-electron chi connectivity index (χ2n) is 6.62. The van der Waals surface area contributed by atoms with Gasteiger partial charge in [-0.3, -0.25) is 0 Å². The zero-order chi connectivity index (χ0) is 14.6. The van der Waals surface area contributed by atoms with E-state index in [1.165, 1.54) is 11.1 Å². The first-order chi connectivity index (χ1) is 10.1. The molecule has 0 unspecified atom stereocenters. The topological polar surface area (TPSA) is 35.5 Å². The van der Waals surface area contributed by atoms with E-state index in [0.29, 0.717) is 12.5 Å². The molecule has 1 heterocycles. The molecule has 1 aromatic carbocycles. The molecule has 3 nitrogen and oxygen atoms in total. The number of cyclic esters (lactones) is 1. The summed E-state index contributed by atoms with van der Waals surface area (Å²) >= 11 is 0. The number of allylic oxidation sites excluding steroid dienone is 1. The number of benzene rings is 1. The maximum Gasteiger partial charge on any atom is 0.334 e. The number of fused-ring (bicyclic) bond motifs is 5. The number of carbonyl (C=O) groups is 1. The molecule has 4 rings (SSSR count). The Hall–Kier alpha value is -1.77.